The fourth-order valence-corrected chi connectivity index (χ4v) is 3.96. The number of aromatic carboxylic acids is 1. The molecule has 4 rings (SSSR count). The van der Waals surface area contributed by atoms with Crippen LogP contribution in [-0.2, 0) is 0 Å². The summed E-state index contributed by atoms with van der Waals surface area (Å²) in [5, 5.41) is 12.9. The van der Waals surface area contributed by atoms with E-state index in [1.165, 1.54) is 0 Å². The summed E-state index contributed by atoms with van der Waals surface area (Å²) in [5.41, 5.74) is 3.56. The standard InChI is InChI=1S/C20H19NO3/c1-24-18-8-3-2-5-15(18)19-14-7-4-6-13(14)16-11-12(20(22)23)9-10-17(16)21-19/h2-6,8-11,13-14,19,21H,7H2,1H3,(H,22,23)/t13-,14-,19+/m1/s1. The summed E-state index contributed by atoms with van der Waals surface area (Å²) in [4.78, 5) is 11.3. The number of anilines is 1. The number of carboxylic acids is 1. The summed E-state index contributed by atoms with van der Waals surface area (Å²) in [6.07, 6.45) is 5.37. The van der Waals surface area contributed by atoms with Crippen molar-refractivity contribution in [2.45, 2.75) is 18.4 Å². The zero-order valence-corrected chi connectivity index (χ0v) is 13.4. The minimum atomic E-state index is -0.886. The zero-order valence-electron chi connectivity index (χ0n) is 13.4. The van der Waals surface area contributed by atoms with Gasteiger partial charge in [-0.15, -0.1) is 0 Å². The van der Waals surface area contributed by atoms with E-state index >= 15 is 0 Å². The molecule has 4 heteroatoms. The lowest BCUT2D eigenvalue weighted by Gasteiger charge is -2.38. The molecule has 2 aromatic carbocycles. The predicted molar refractivity (Wildman–Crippen MR) is 92.7 cm³/mol. The van der Waals surface area contributed by atoms with Gasteiger partial charge in [0, 0.05) is 17.2 Å². The van der Waals surface area contributed by atoms with Crippen molar-refractivity contribution in [1.29, 1.82) is 0 Å². The second kappa shape index (κ2) is 5.71. The number of benzene rings is 2. The molecule has 0 saturated heterocycles. The van der Waals surface area contributed by atoms with Crippen LogP contribution >= 0.6 is 0 Å². The fraction of sp³-hybridized carbons (Fsp3) is 0.250. The third kappa shape index (κ3) is 2.26. The van der Waals surface area contributed by atoms with Gasteiger partial charge in [0.2, 0.25) is 0 Å². The molecule has 0 fully saturated rings. The molecule has 0 spiro atoms. The molecule has 4 nitrogen and oxygen atoms in total. The Morgan fingerprint density at radius 1 is 1.21 bits per heavy atom. The number of hydrogen-bond donors (Lipinski definition) is 2. The van der Waals surface area contributed by atoms with Crippen molar-refractivity contribution in [3.63, 3.8) is 0 Å². The number of para-hydroxylation sites is 1. The highest BCUT2D eigenvalue weighted by atomic mass is 16.5. The molecule has 2 N–H and O–H groups in total. The number of hydrogen-bond acceptors (Lipinski definition) is 3. The Morgan fingerprint density at radius 3 is 2.83 bits per heavy atom. The van der Waals surface area contributed by atoms with Crippen LogP contribution in [0.25, 0.3) is 0 Å². The number of methoxy groups -OCH3 is 1. The lowest BCUT2D eigenvalue weighted by molar-refractivity contribution is 0.0696. The maximum Gasteiger partial charge on any atom is 0.335 e. The van der Waals surface area contributed by atoms with Gasteiger partial charge in [-0.25, -0.2) is 4.79 Å². The molecule has 0 saturated carbocycles. The Kier molecular flexibility index (Phi) is 3.53. The van der Waals surface area contributed by atoms with Gasteiger partial charge in [0.25, 0.3) is 0 Å². The van der Waals surface area contributed by atoms with Gasteiger partial charge in [0.1, 0.15) is 5.75 Å². The van der Waals surface area contributed by atoms with Crippen molar-refractivity contribution in [3.05, 3.63) is 71.3 Å². The van der Waals surface area contributed by atoms with Gasteiger partial charge in [-0.05, 0) is 42.2 Å². The van der Waals surface area contributed by atoms with Crippen molar-refractivity contribution >= 4 is 11.7 Å². The molecule has 1 heterocycles. The molecule has 0 radical (unpaired) electrons. The van der Waals surface area contributed by atoms with Crippen LogP contribution in [-0.4, -0.2) is 18.2 Å². The molecular formula is C20H19NO3. The molecule has 24 heavy (non-hydrogen) atoms. The van der Waals surface area contributed by atoms with Crippen LogP contribution in [0.2, 0.25) is 0 Å². The number of allylic oxidation sites excluding steroid dienone is 2. The maximum atomic E-state index is 11.3. The Morgan fingerprint density at radius 2 is 2.04 bits per heavy atom. The van der Waals surface area contributed by atoms with E-state index in [0.717, 1.165) is 29.0 Å². The Bertz CT molecular complexity index is 827. The zero-order chi connectivity index (χ0) is 16.7. The molecule has 1 aliphatic heterocycles. The third-order valence-electron chi connectivity index (χ3n) is 5.08. The molecule has 1 aliphatic carbocycles. The lowest BCUT2D eigenvalue weighted by Crippen LogP contribution is -2.29. The molecule has 0 amide bonds. The SMILES string of the molecule is COc1ccccc1[C@H]1Nc2ccc(C(=O)O)cc2[C@@H]2C=CC[C@@H]12. The number of ether oxygens (including phenoxy) is 1. The van der Waals surface area contributed by atoms with Crippen LogP contribution in [0.1, 0.15) is 39.9 Å². The van der Waals surface area contributed by atoms with Crippen LogP contribution in [0.3, 0.4) is 0 Å². The summed E-state index contributed by atoms with van der Waals surface area (Å²) in [5.74, 6) is 0.586. The van der Waals surface area contributed by atoms with Crippen molar-refractivity contribution in [1.82, 2.24) is 0 Å². The summed E-state index contributed by atoms with van der Waals surface area (Å²) in [6, 6.07) is 13.6. The van der Waals surface area contributed by atoms with Gasteiger partial charge in [0.15, 0.2) is 0 Å². The Balaban J connectivity index is 1.80. The number of carboxylic acid groups (broad SMARTS) is 1. The predicted octanol–water partition coefficient (Wildman–Crippen LogP) is 4.22. The summed E-state index contributed by atoms with van der Waals surface area (Å²) in [7, 11) is 1.69. The monoisotopic (exact) mass is 321 g/mol. The van der Waals surface area contributed by atoms with Crippen molar-refractivity contribution in [3.8, 4) is 5.75 Å². The number of fused-ring (bicyclic) bond motifs is 3. The molecule has 2 aliphatic rings. The van der Waals surface area contributed by atoms with Crippen LogP contribution in [0.15, 0.2) is 54.6 Å². The normalized spacial score (nSPS) is 24.0. The van der Waals surface area contributed by atoms with Gasteiger partial charge in [-0.1, -0.05) is 30.4 Å². The minimum Gasteiger partial charge on any atom is -0.496 e. The molecular weight excluding hydrogens is 302 g/mol. The highest BCUT2D eigenvalue weighted by Crippen LogP contribution is 2.51. The van der Waals surface area contributed by atoms with Crippen LogP contribution in [0.5, 0.6) is 5.75 Å². The van der Waals surface area contributed by atoms with Gasteiger partial charge in [-0.2, -0.15) is 0 Å². The molecule has 3 atom stereocenters. The molecule has 0 bridgehead atoms. The van der Waals surface area contributed by atoms with Crippen LogP contribution in [0.4, 0.5) is 5.69 Å². The van der Waals surface area contributed by atoms with E-state index in [9.17, 15) is 9.90 Å². The molecule has 0 unspecified atom stereocenters. The Hall–Kier alpha value is -2.75. The fourth-order valence-electron chi connectivity index (χ4n) is 3.96. The smallest absolute Gasteiger partial charge is 0.335 e. The number of carbonyl (C=O) groups is 1. The average molecular weight is 321 g/mol. The van der Waals surface area contributed by atoms with E-state index in [-0.39, 0.29) is 12.0 Å². The van der Waals surface area contributed by atoms with Gasteiger partial charge in [-0.3, -0.25) is 0 Å². The van der Waals surface area contributed by atoms with E-state index in [2.05, 4.69) is 23.5 Å². The van der Waals surface area contributed by atoms with Gasteiger partial charge < -0.3 is 15.2 Å². The first kappa shape index (κ1) is 14.8. The first-order chi connectivity index (χ1) is 11.7. The quantitative estimate of drug-likeness (QED) is 0.831. The highest BCUT2D eigenvalue weighted by Gasteiger charge is 2.39. The second-order valence-electron chi connectivity index (χ2n) is 6.32. The lowest BCUT2D eigenvalue weighted by atomic mass is 9.76. The first-order valence-electron chi connectivity index (χ1n) is 8.12. The largest absolute Gasteiger partial charge is 0.496 e. The van der Waals surface area contributed by atoms with Gasteiger partial charge in [0.05, 0.1) is 18.7 Å². The van der Waals surface area contributed by atoms with E-state index in [4.69, 9.17) is 4.74 Å². The average Bonchev–Trinajstić information content (AvgIpc) is 3.10. The topological polar surface area (TPSA) is 58.6 Å². The summed E-state index contributed by atoms with van der Waals surface area (Å²) < 4.78 is 5.55. The number of rotatable bonds is 3. The third-order valence-corrected chi connectivity index (χ3v) is 5.08. The second-order valence-corrected chi connectivity index (χ2v) is 6.32. The van der Waals surface area contributed by atoms with Crippen molar-refractivity contribution in [2.75, 3.05) is 12.4 Å². The van der Waals surface area contributed by atoms with E-state index < -0.39 is 5.97 Å². The van der Waals surface area contributed by atoms with Crippen LogP contribution in [0, 0.1) is 5.92 Å². The van der Waals surface area contributed by atoms with E-state index in [0.29, 0.717) is 11.5 Å². The molecule has 0 aromatic heterocycles. The minimum absolute atomic E-state index is 0.143. The first-order valence-corrected chi connectivity index (χ1v) is 8.12. The van der Waals surface area contributed by atoms with Gasteiger partial charge >= 0.3 is 5.97 Å². The maximum absolute atomic E-state index is 11.3. The summed E-state index contributed by atoms with van der Waals surface area (Å²) >= 11 is 0. The van der Waals surface area contributed by atoms with E-state index in [1.807, 2.05) is 24.3 Å². The van der Waals surface area contributed by atoms with Crippen molar-refractivity contribution < 1.29 is 14.6 Å². The van der Waals surface area contributed by atoms with Crippen molar-refractivity contribution in [2.24, 2.45) is 5.92 Å². The molecule has 122 valence electrons. The number of nitrogens with one attached hydrogen (secondary N) is 1. The summed E-state index contributed by atoms with van der Waals surface area (Å²) in [6.45, 7) is 0. The van der Waals surface area contributed by atoms with Crippen LogP contribution < -0.4 is 10.1 Å². The Labute approximate surface area is 140 Å². The van der Waals surface area contributed by atoms with E-state index in [1.54, 1.807) is 19.2 Å². The molecule has 2 aromatic rings. The highest BCUT2D eigenvalue weighted by molar-refractivity contribution is 5.89.